The van der Waals surface area contributed by atoms with Crippen LogP contribution >= 0.6 is 0 Å². The van der Waals surface area contributed by atoms with Crippen LogP contribution in [0.25, 0.3) is 10.9 Å². The maximum absolute atomic E-state index is 12.9. The monoisotopic (exact) mass is 381 g/mol. The molecule has 7 nitrogen and oxygen atoms in total. The summed E-state index contributed by atoms with van der Waals surface area (Å²) in [7, 11) is 0. The van der Waals surface area contributed by atoms with Crippen molar-refractivity contribution in [1.82, 2.24) is 15.6 Å². The van der Waals surface area contributed by atoms with E-state index in [1.807, 2.05) is 24.3 Å². The first kappa shape index (κ1) is 18.4. The topological polar surface area (TPSA) is 97.4 Å². The smallest absolute Gasteiger partial charge is 0.339 e. The Kier molecular flexibility index (Phi) is 4.98. The molecule has 1 atom stereocenters. The van der Waals surface area contributed by atoms with Crippen LogP contribution in [0.3, 0.4) is 0 Å². The number of pyridine rings is 1. The molecule has 2 aromatic rings. The molecule has 0 spiro atoms. The molecule has 1 aromatic carbocycles. The molecule has 1 aromatic heterocycles. The van der Waals surface area contributed by atoms with Crippen LogP contribution < -0.4 is 10.6 Å². The number of amides is 3. The van der Waals surface area contributed by atoms with Crippen LogP contribution in [0.1, 0.15) is 47.8 Å². The Morgan fingerprint density at radius 1 is 1.18 bits per heavy atom. The highest BCUT2D eigenvalue weighted by Gasteiger charge is 2.27. The molecule has 1 heterocycles. The van der Waals surface area contributed by atoms with E-state index in [2.05, 4.69) is 17.6 Å². The summed E-state index contributed by atoms with van der Waals surface area (Å²) in [6.45, 7) is 1.65. The highest BCUT2D eigenvalue weighted by molar-refractivity contribution is 6.06. The number of benzene rings is 1. The zero-order chi connectivity index (χ0) is 19.7. The van der Waals surface area contributed by atoms with Crippen LogP contribution in [0.2, 0.25) is 0 Å². The van der Waals surface area contributed by atoms with Crippen molar-refractivity contribution in [2.24, 2.45) is 5.92 Å². The predicted octanol–water partition coefficient (Wildman–Crippen LogP) is 2.50. The number of ether oxygens (including phenoxy) is 1. The Balaban J connectivity index is 1.52. The lowest BCUT2D eigenvalue weighted by Gasteiger charge is -2.24. The van der Waals surface area contributed by atoms with Crippen molar-refractivity contribution in [3.63, 3.8) is 0 Å². The second-order valence-electron chi connectivity index (χ2n) is 7.65. The Labute approximate surface area is 162 Å². The molecule has 0 bridgehead atoms. The van der Waals surface area contributed by atoms with E-state index >= 15 is 0 Å². The lowest BCUT2D eigenvalue weighted by atomic mass is 9.84. The van der Waals surface area contributed by atoms with Gasteiger partial charge >= 0.3 is 12.0 Å². The van der Waals surface area contributed by atoms with Gasteiger partial charge in [-0.1, -0.05) is 25.1 Å². The number of esters is 1. The third-order valence-electron chi connectivity index (χ3n) is 5.21. The van der Waals surface area contributed by atoms with Gasteiger partial charge in [-0.05, 0) is 49.7 Å². The number of imide groups is 1. The van der Waals surface area contributed by atoms with Gasteiger partial charge in [0.25, 0.3) is 5.91 Å². The fourth-order valence-electron chi connectivity index (χ4n) is 3.61. The van der Waals surface area contributed by atoms with Crippen molar-refractivity contribution >= 4 is 28.8 Å². The van der Waals surface area contributed by atoms with Crippen molar-refractivity contribution in [1.29, 1.82) is 0 Å². The van der Waals surface area contributed by atoms with Crippen molar-refractivity contribution in [2.45, 2.75) is 45.1 Å². The summed E-state index contributed by atoms with van der Waals surface area (Å²) >= 11 is 0. The SMILES string of the molecule is C[C@H]1CCc2nc3ccccc3c(C(=O)OCC(=O)NC(=O)NC3CC3)c2C1. The Bertz CT molecular complexity index is 952. The summed E-state index contributed by atoms with van der Waals surface area (Å²) < 4.78 is 5.26. The first-order valence-corrected chi connectivity index (χ1v) is 9.69. The fourth-order valence-corrected chi connectivity index (χ4v) is 3.61. The predicted molar refractivity (Wildman–Crippen MR) is 103 cm³/mol. The number of nitrogens with zero attached hydrogens (tertiary/aromatic N) is 1. The maximum atomic E-state index is 12.9. The molecule has 2 aliphatic rings. The lowest BCUT2D eigenvalue weighted by Crippen LogP contribution is -2.42. The molecule has 4 rings (SSSR count). The molecule has 1 fully saturated rings. The van der Waals surface area contributed by atoms with E-state index in [9.17, 15) is 14.4 Å². The van der Waals surface area contributed by atoms with Crippen LogP contribution in [0.4, 0.5) is 4.79 Å². The average Bonchev–Trinajstić information content (AvgIpc) is 3.48. The summed E-state index contributed by atoms with van der Waals surface area (Å²) in [5.41, 5.74) is 3.07. The molecule has 0 unspecified atom stereocenters. The van der Waals surface area contributed by atoms with Gasteiger partial charge in [-0.3, -0.25) is 15.1 Å². The number of carbonyl (C=O) groups excluding carboxylic acids is 3. The van der Waals surface area contributed by atoms with Crippen LogP contribution in [0.15, 0.2) is 24.3 Å². The zero-order valence-corrected chi connectivity index (χ0v) is 15.8. The van der Waals surface area contributed by atoms with Gasteiger partial charge in [0, 0.05) is 17.1 Å². The van der Waals surface area contributed by atoms with E-state index < -0.39 is 24.5 Å². The van der Waals surface area contributed by atoms with Crippen molar-refractivity contribution < 1.29 is 19.1 Å². The molecule has 146 valence electrons. The number of nitrogens with one attached hydrogen (secondary N) is 2. The van der Waals surface area contributed by atoms with Gasteiger partial charge in [0.15, 0.2) is 6.61 Å². The Morgan fingerprint density at radius 3 is 2.75 bits per heavy atom. The molecule has 2 aliphatic carbocycles. The average molecular weight is 381 g/mol. The van der Waals surface area contributed by atoms with Crippen LogP contribution in [0, 0.1) is 5.92 Å². The molecular formula is C21H23N3O4. The Hall–Kier alpha value is -2.96. The molecule has 28 heavy (non-hydrogen) atoms. The Morgan fingerprint density at radius 2 is 1.96 bits per heavy atom. The first-order valence-electron chi connectivity index (χ1n) is 9.69. The van der Waals surface area contributed by atoms with Crippen molar-refractivity contribution in [3.8, 4) is 0 Å². The zero-order valence-electron chi connectivity index (χ0n) is 15.8. The number of hydrogen-bond donors (Lipinski definition) is 2. The number of urea groups is 1. The van der Waals surface area contributed by atoms with E-state index in [1.165, 1.54) is 0 Å². The van der Waals surface area contributed by atoms with Crippen LogP contribution in [-0.2, 0) is 22.4 Å². The van der Waals surface area contributed by atoms with Gasteiger partial charge in [-0.2, -0.15) is 0 Å². The van der Waals surface area contributed by atoms with Gasteiger partial charge in [-0.15, -0.1) is 0 Å². The molecule has 0 aliphatic heterocycles. The van der Waals surface area contributed by atoms with Gasteiger partial charge in [0.2, 0.25) is 0 Å². The summed E-state index contributed by atoms with van der Waals surface area (Å²) in [4.78, 5) is 41.2. The minimum atomic E-state index is -0.646. The summed E-state index contributed by atoms with van der Waals surface area (Å²) in [5, 5.41) is 5.57. The molecule has 0 saturated heterocycles. The standard InChI is InChI=1S/C21H23N3O4/c1-12-6-9-17-15(10-12)19(14-4-2-3-5-16(14)23-17)20(26)28-11-18(25)24-21(27)22-13-7-8-13/h2-5,12-13H,6-11H2,1H3,(H2,22,24,25,27)/t12-/m0/s1. The van der Waals surface area contributed by atoms with E-state index in [4.69, 9.17) is 9.72 Å². The maximum Gasteiger partial charge on any atom is 0.339 e. The largest absolute Gasteiger partial charge is 0.452 e. The molecule has 3 amide bonds. The highest BCUT2D eigenvalue weighted by atomic mass is 16.5. The number of rotatable bonds is 4. The number of aromatic nitrogens is 1. The molecule has 2 N–H and O–H groups in total. The lowest BCUT2D eigenvalue weighted by molar-refractivity contribution is -0.123. The number of para-hydroxylation sites is 1. The number of carbonyl (C=O) groups is 3. The van der Waals surface area contributed by atoms with E-state index in [0.29, 0.717) is 11.5 Å². The molecular weight excluding hydrogens is 358 g/mol. The minimum Gasteiger partial charge on any atom is -0.452 e. The number of aryl methyl sites for hydroxylation is 1. The molecule has 7 heteroatoms. The van der Waals surface area contributed by atoms with Crippen molar-refractivity contribution in [2.75, 3.05) is 6.61 Å². The third kappa shape index (κ3) is 3.98. The van der Waals surface area contributed by atoms with E-state index in [0.717, 1.165) is 54.3 Å². The van der Waals surface area contributed by atoms with Crippen LogP contribution in [0.5, 0.6) is 0 Å². The fraction of sp³-hybridized carbons (Fsp3) is 0.429. The quantitative estimate of drug-likeness (QED) is 0.793. The number of hydrogen-bond acceptors (Lipinski definition) is 5. The first-order chi connectivity index (χ1) is 13.5. The molecule has 0 radical (unpaired) electrons. The summed E-state index contributed by atoms with van der Waals surface area (Å²) in [6, 6.07) is 7.06. The van der Waals surface area contributed by atoms with Crippen molar-refractivity contribution in [3.05, 3.63) is 41.1 Å². The summed E-state index contributed by atoms with van der Waals surface area (Å²) in [5.74, 6) is -0.745. The second kappa shape index (κ2) is 7.58. The van der Waals surface area contributed by atoms with Gasteiger partial charge in [0.1, 0.15) is 0 Å². The summed E-state index contributed by atoms with van der Waals surface area (Å²) in [6.07, 6.45) is 4.47. The molecule has 1 saturated carbocycles. The van der Waals surface area contributed by atoms with Gasteiger partial charge < -0.3 is 10.1 Å². The van der Waals surface area contributed by atoms with Crippen LogP contribution in [-0.4, -0.2) is 35.5 Å². The number of fused-ring (bicyclic) bond motifs is 2. The minimum absolute atomic E-state index is 0.145. The highest BCUT2D eigenvalue weighted by Crippen LogP contribution is 2.31. The van der Waals surface area contributed by atoms with E-state index in [-0.39, 0.29) is 6.04 Å². The third-order valence-corrected chi connectivity index (χ3v) is 5.21. The normalized spacial score (nSPS) is 18.2. The van der Waals surface area contributed by atoms with E-state index in [1.54, 1.807) is 0 Å². The van der Waals surface area contributed by atoms with Gasteiger partial charge in [-0.25, -0.2) is 9.59 Å². The second-order valence-corrected chi connectivity index (χ2v) is 7.65. The van der Waals surface area contributed by atoms with Gasteiger partial charge in [0.05, 0.1) is 11.1 Å².